The zero-order chi connectivity index (χ0) is 31.6. The number of aliphatic hydroxyl groups excluding tert-OH is 1. The molecular formula is C33H37N3O7S. The van der Waals surface area contributed by atoms with Crippen molar-refractivity contribution in [3.63, 3.8) is 0 Å². The molecule has 10 nitrogen and oxygen atoms in total. The van der Waals surface area contributed by atoms with E-state index in [0.717, 1.165) is 11.1 Å². The molecule has 3 atom stereocenters. The Morgan fingerprint density at radius 2 is 1.75 bits per heavy atom. The molecule has 3 amide bonds. The Labute approximate surface area is 260 Å². The molecule has 4 N–H and O–H groups in total. The maximum Gasteiger partial charge on any atom is 0.254 e. The Bertz CT molecular complexity index is 1560. The van der Waals surface area contributed by atoms with E-state index in [1.165, 1.54) is 16.7 Å². The van der Waals surface area contributed by atoms with Crippen LogP contribution in [0.1, 0.15) is 46.5 Å². The van der Waals surface area contributed by atoms with E-state index in [-0.39, 0.29) is 42.9 Å². The Morgan fingerprint density at radius 1 is 1.02 bits per heavy atom. The van der Waals surface area contributed by atoms with Gasteiger partial charge < -0.3 is 35.2 Å². The first-order valence-electron chi connectivity index (χ1n) is 14.4. The van der Waals surface area contributed by atoms with Gasteiger partial charge >= 0.3 is 0 Å². The number of aliphatic hydroxyl groups is 1. The largest absolute Gasteiger partial charge is 0.507 e. The Kier molecular flexibility index (Phi) is 9.07. The predicted molar refractivity (Wildman–Crippen MR) is 167 cm³/mol. The summed E-state index contributed by atoms with van der Waals surface area (Å²) in [6.45, 7) is 7.52. The van der Waals surface area contributed by atoms with Gasteiger partial charge in [-0.3, -0.25) is 14.4 Å². The van der Waals surface area contributed by atoms with E-state index >= 15 is 0 Å². The number of hydrogen-bond donors (Lipinski definition) is 4. The number of carbonyl (C=O) groups is 3. The van der Waals surface area contributed by atoms with Crippen molar-refractivity contribution in [2.75, 3.05) is 12.7 Å². The average molecular weight is 620 g/mol. The van der Waals surface area contributed by atoms with Crippen molar-refractivity contribution in [1.82, 2.24) is 15.5 Å². The molecule has 232 valence electrons. The minimum absolute atomic E-state index is 0.0137. The zero-order valence-corrected chi connectivity index (χ0v) is 25.9. The Morgan fingerprint density at radius 3 is 2.50 bits per heavy atom. The van der Waals surface area contributed by atoms with Crippen LogP contribution in [0.25, 0.3) is 0 Å². The summed E-state index contributed by atoms with van der Waals surface area (Å²) in [4.78, 5) is 42.3. The molecule has 44 heavy (non-hydrogen) atoms. The summed E-state index contributed by atoms with van der Waals surface area (Å²) >= 11 is 1.44. The molecule has 3 aromatic carbocycles. The standard InChI is InChI=1S/C33H37N3O7S/c1-19-10-12-23(20(2)27(19)37)30(39)35-24(14-21-8-6-5-7-9-21)28(38)32(41)36-17-44-33(3,4)29(36)31(40)34-16-22-11-13-25-26(15-22)43-18-42-25/h5-13,15,24,28-29,37-38H,14,16-18H2,1-4H3,(H,34,40)(H,35,39)/t24-,28-,29?/m0/s1. The lowest BCUT2D eigenvalue weighted by Gasteiger charge is -2.33. The second-order valence-electron chi connectivity index (χ2n) is 11.6. The number of phenolic OH excluding ortho intramolecular Hbond substituents is 1. The van der Waals surface area contributed by atoms with Crippen molar-refractivity contribution in [3.05, 3.63) is 88.5 Å². The van der Waals surface area contributed by atoms with Gasteiger partial charge in [0.1, 0.15) is 11.8 Å². The summed E-state index contributed by atoms with van der Waals surface area (Å²) in [5.74, 6) is -0.0770. The summed E-state index contributed by atoms with van der Waals surface area (Å²) in [7, 11) is 0. The van der Waals surface area contributed by atoms with Gasteiger partial charge in [0.2, 0.25) is 12.7 Å². The topological polar surface area (TPSA) is 137 Å². The van der Waals surface area contributed by atoms with Gasteiger partial charge in [-0.15, -0.1) is 11.8 Å². The number of aryl methyl sites for hydroxylation is 1. The summed E-state index contributed by atoms with van der Waals surface area (Å²) < 4.78 is 10.1. The first-order chi connectivity index (χ1) is 21.0. The van der Waals surface area contributed by atoms with Gasteiger partial charge in [0.15, 0.2) is 17.6 Å². The van der Waals surface area contributed by atoms with E-state index in [9.17, 15) is 24.6 Å². The predicted octanol–water partition coefficient (Wildman–Crippen LogP) is 3.44. The highest BCUT2D eigenvalue weighted by atomic mass is 32.2. The fourth-order valence-corrected chi connectivity index (χ4v) is 6.67. The number of carbonyl (C=O) groups excluding carboxylic acids is 3. The normalized spacial score (nSPS) is 18.0. The molecular weight excluding hydrogens is 582 g/mol. The van der Waals surface area contributed by atoms with E-state index in [4.69, 9.17) is 9.47 Å². The van der Waals surface area contributed by atoms with Crippen LogP contribution in [-0.4, -0.2) is 68.4 Å². The first kappa shape index (κ1) is 31.2. The number of fused-ring (bicyclic) bond motifs is 1. The van der Waals surface area contributed by atoms with Gasteiger partial charge in [-0.2, -0.15) is 0 Å². The van der Waals surface area contributed by atoms with Crippen LogP contribution in [0, 0.1) is 13.8 Å². The van der Waals surface area contributed by atoms with Crippen LogP contribution < -0.4 is 20.1 Å². The highest BCUT2D eigenvalue weighted by molar-refractivity contribution is 8.00. The van der Waals surface area contributed by atoms with Gasteiger partial charge in [-0.1, -0.05) is 42.5 Å². The van der Waals surface area contributed by atoms with Gasteiger partial charge in [-0.05, 0) is 69.0 Å². The molecule has 5 rings (SSSR count). The number of ether oxygens (including phenoxy) is 2. The molecule has 0 bridgehead atoms. The highest BCUT2D eigenvalue weighted by Crippen LogP contribution is 2.40. The van der Waals surface area contributed by atoms with Crippen LogP contribution in [0.5, 0.6) is 17.2 Å². The van der Waals surface area contributed by atoms with E-state index in [1.54, 1.807) is 38.1 Å². The molecule has 0 aliphatic carbocycles. The molecule has 2 aliphatic heterocycles. The monoisotopic (exact) mass is 619 g/mol. The first-order valence-corrected chi connectivity index (χ1v) is 15.4. The van der Waals surface area contributed by atoms with E-state index in [0.29, 0.717) is 22.6 Å². The fourth-order valence-electron chi connectivity index (χ4n) is 5.53. The number of rotatable bonds is 9. The molecule has 1 saturated heterocycles. The molecule has 2 heterocycles. The van der Waals surface area contributed by atoms with E-state index in [1.807, 2.05) is 50.2 Å². The number of amides is 3. The smallest absolute Gasteiger partial charge is 0.254 e. The number of nitrogens with zero attached hydrogens (tertiary/aromatic N) is 1. The van der Waals surface area contributed by atoms with Crippen LogP contribution in [0.2, 0.25) is 0 Å². The van der Waals surface area contributed by atoms with Crippen molar-refractivity contribution in [1.29, 1.82) is 0 Å². The SMILES string of the molecule is Cc1ccc(C(=O)N[C@@H](Cc2ccccc2)[C@H](O)C(=O)N2CSC(C)(C)C2C(=O)NCc2ccc3c(c2)OCO3)c(C)c1O. The lowest BCUT2D eigenvalue weighted by atomic mass is 9.96. The number of thioether (sulfide) groups is 1. The van der Waals surface area contributed by atoms with Crippen LogP contribution in [0.3, 0.4) is 0 Å². The third-order valence-electron chi connectivity index (χ3n) is 8.11. The maximum absolute atomic E-state index is 13.9. The average Bonchev–Trinajstić information content (AvgIpc) is 3.61. The minimum atomic E-state index is -1.64. The number of nitrogens with one attached hydrogen (secondary N) is 2. The van der Waals surface area contributed by atoms with Crippen molar-refractivity contribution < 1.29 is 34.1 Å². The van der Waals surface area contributed by atoms with Crippen LogP contribution >= 0.6 is 11.8 Å². The number of hydrogen-bond acceptors (Lipinski definition) is 8. The summed E-state index contributed by atoms with van der Waals surface area (Å²) in [5.41, 5.74) is 2.89. The molecule has 2 aliphatic rings. The summed E-state index contributed by atoms with van der Waals surface area (Å²) in [6.07, 6.45) is -1.47. The second kappa shape index (κ2) is 12.8. The Balaban J connectivity index is 1.34. The third kappa shape index (κ3) is 6.48. The third-order valence-corrected chi connectivity index (χ3v) is 9.48. The zero-order valence-electron chi connectivity index (χ0n) is 25.1. The molecule has 0 spiro atoms. The molecule has 0 aromatic heterocycles. The molecule has 0 radical (unpaired) electrons. The maximum atomic E-state index is 13.9. The van der Waals surface area contributed by atoms with Crippen LogP contribution in [0.4, 0.5) is 0 Å². The van der Waals surface area contributed by atoms with E-state index < -0.39 is 34.7 Å². The minimum Gasteiger partial charge on any atom is -0.507 e. The fraction of sp³-hybridized carbons (Fsp3) is 0.364. The molecule has 1 unspecified atom stereocenters. The number of aromatic hydroxyl groups is 1. The summed E-state index contributed by atoms with van der Waals surface area (Å²) in [5, 5.41) is 27.7. The Hall–Kier alpha value is -4.22. The lowest BCUT2D eigenvalue weighted by molar-refractivity contribution is -0.147. The number of benzene rings is 3. The molecule has 0 saturated carbocycles. The van der Waals surface area contributed by atoms with Crippen molar-refractivity contribution in [2.45, 2.75) is 63.6 Å². The molecule has 11 heteroatoms. The van der Waals surface area contributed by atoms with Gasteiger partial charge in [-0.25, -0.2) is 0 Å². The van der Waals surface area contributed by atoms with Crippen molar-refractivity contribution >= 4 is 29.5 Å². The van der Waals surface area contributed by atoms with Crippen molar-refractivity contribution in [3.8, 4) is 17.2 Å². The van der Waals surface area contributed by atoms with Gasteiger partial charge in [0, 0.05) is 22.4 Å². The van der Waals surface area contributed by atoms with Gasteiger partial charge in [0.25, 0.3) is 11.8 Å². The molecule has 1 fully saturated rings. The van der Waals surface area contributed by atoms with Crippen LogP contribution in [0.15, 0.2) is 60.7 Å². The summed E-state index contributed by atoms with van der Waals surface area (Å²) in [6, 6.07) is 16.0. The van der Waals surface area contributed by atoms with Crippen LogP contribution in [-0.2, 0) is 22.6 Å². The number of phenols is 1. The molecule has 3 aromatic rings. The second-order valence-corrected chi connectivity index (χ2v) is 13.2. The lowest BCUT2D eigenvalue weighted by Crippen LogP contribution is -2.58. The highest BCUT2D eigenvalue weighted by Gasteiger charge is 2.49. The van der Waals surface area contributed by atoms with Gasteiger partial charge in [0.05, 0.1) is 11.9 Å². The van der Waals surface area contributed by atoms with Crippen molar-refractivity contribution in [2.24, 2.45) is 0 Å². The quantitative estimate of drug-likeness (QED) is 0.286. The van der Waals surface area contributed by atoms with E-state index in [2.05, 4.69) is 10.6 Å².